The maximum Gasteiger partial charge on any atom is 0.412 e. The van der Waals surface area contributed by atoms with Crippen LogP contribution in [0.3, 0.4) is 0 Å². The lowest BCUT2D eigenvalue weighted by molar-refractivity contribution is -0.124. The molecule has 0 heterocycles. The Labute approximate surface area is 136 Å². The van der Waals surface area contributed by atoms with Gasteiger partial charge < -0.3 is 4.74 Å². The molecule has 4 fully saturated rings. The molecule has 4 heteroatoms. The van der Waals surface area contributed by atoms with Crippen LogP contribution in [-0.4, -0.2) is 11.7 Å². The third-order valence-corrected chi connectivity index (χ3v) is 5.95. The first-order valence-corrected chi connectivity index (χ1v) is 8.65. The molecule has 1 amide bonds. The number of aryl methyl sites for hydroxylation is 1. The Kier molecular flexibility index (Phi) is 3.37. The van der Waals surface area contributed by atoms with Gasteiger partial charge in [-0.05, 0) is 87.0 Å². The number of rotatable bonds is 2. The van der Waals surface area contributed by atoms with Crippen LogP contribution in [0.4, 0.5) is 10.5 Å². The van der Waals surface area contributed by atoms with E-state index in [0.717, 1.165) is 48.3 Å². The van der Waals surface area contributed by atoms with Crippen LogP contribution >= 0.6 is 11.6 Å². The van der Waals surface area contributed by atoms with Crippen LogP contribution in [0.25, 0.3) is 0 Å². The molecule has 1 aromatic rings. The molecule has 0 unspecified atom stereocenters. The molecule has 22 heavy (non-hydrogen) atoms. The molecule has 0 spiro atoms. The lowest BCUT2D eigenvalue weighted by atomic mass is 9.54. The number of nitrogens with one attached hydrogen (secondary N) is 1. The van der Waals surface area contributed by atoms with E-state index >= 15 is 0 Å². The molecular formula is C18H22ClNO2. The van der Waals surface area contributed by atoms with Crippen LogP contribution in [0.2, 0.25) is 5.02 Å². The van der Waals surface area contributed by atoms with Crippen molar-refractivity contribution in [2.45, 2.75) is 51.0 Å². The van der Waals surface area contributed by atoms with E-state index in [-0.39, 0.29) is 11.7 Å². The van der Waals surface area contributed by atoms with Crippen LogP contribution in [0, 0.1) is 24.7 Å². The quantitative estimate of drug-likeness (QED) is 0.817. The van der Waals surface area contributed by atoms with Crippen molar-refractivity contribution in [2.24, 2.45) is 17.8 Å². The van der Waals surface area contributed by atoms with Gasteiger partial charge in [0.1, 0.15) is 5.60 Å². The van der Waals surface area contributed by atoms with Crippen LogP contribution in [-0.2, 0) is 4.74 Å². The molecule has 0 radical (unpaired) electrons. The fraction of sp³-hybridized carbons (Fsp3) is 0.611. The Bertz CT molecular complexity index is 578. The van der Waals surface area contributed by atoms with Gasteiger partial charge in [0.15, 0.2) is 0 Å². The maximum atomic E-state index is 12.4. The Hall–Kier alpha value is -1.22. The second-order valence-electron chi connectivity index (χ2n) is 7.57. The molecule has 1 N–H and O–H groups in total. The van der Waals surface area contributed by atoms with Gasteiger partial charge in [0, 0.05) is 10.7 Å². The molecule has 4 aliphatic rings. The summed E-state index contributed by atoms with van der Waals surface area (Å²) < 4.78 is 5.96. The molecule has 5 rings (SSSR count). The van der Waals surface area contributed by atoms with Gasteiger partial charge in [-0.1, -0.05) is 11.6 Å². The number of hydrogen-bond acceptors (Lipinski definition) is 2. The zero-order chi connectivity index (χ0) is 15.3. The molecule has 4 aliphatic carbocycles. The third-order valence-electron chi connectivity index (χ3n) is 5.72. The number of halogens is 1. The predicted molar refractivity (Wildman–Crippen MR) is 87.2 cm³/mol. The van der Waals surface area contributed by atoms with E-state index in [2.05, 4.69) is 5.32 Å². The van der Waals surface area contributed by atoms with E-state index < -0.39 is 0 Å². The minimum atomic E-state index is -0.313. The van der Waals surface area contributed by atoms with Crippen LogP contribution in [0.1, 0.15) is 44.1 Å². The molecule has 3 nitrogen and oxygen atoms in total. The average molecular weight is 320 g/mol. The number of ether oxygens (including phenoxy) is 1. The minimum Gasteiger partial charge on any atom is -0.443 e. The van der Waals surface area contributed by atoms with Gasteiger partial charge in [-0.25, -0.2) is 4.79 Å². The fourth-order valence-electron chi connectivity index (χ4n) is 5.26. The van der Waals surface area contributed by atoms with Gasteiger partial charge in [0.2, 0.25) is 0 Å². The molecule has 0 aromatic heterocycles. The number of anilines is 1. The van der Waals surface area contributed by atoms with Crippen molar-refractivity contribution in [3.63, 3.8) is 0 Å². The Morgan fingerprint density at radius 1 is 1.18 bits per heavy atom. The lowest BCUT2D eigenvalue weighted by Gasteiger charge is -2.55. The van der Waals surface area contributed by atoms with E-state index in [1.54, 1.807) is 6.07 Å². The number of carbonyl (C=O) groups excluding carboxylic acids is 1. The highest BCUT2D eigenvalue weighted by atomic mass is 35.5. The van der Waals surface area contributed by atoms with Crippen molar-refractivity contribution in [1.29, 1.82) is 0 Å². The standard InChI is InChI=1S/C18H22ClNO2/c1-11-4-15(19)2-3-16(11)20-17(21)22-18-8-12-5-13(9-18)7-14(6-12)10-18/h2-4,12-14H,5-10H2,1H3,(H,20,21). The summed E-state index contributed by atoms with van der Waals surface area (Å²) in [6.45, 7) is 1.94. The van der Waals surface area contributed by atoms with E-state index in [4.69, 9.17) is 16.3 Å². The first-order valence-electron chi connectivity index (χ1n) is 8.27. The van der Waals surface area contributed by atoms with Gasteiger partial charge in [-0.15, -0.1) is 0 Å². The van der Waals surface area contributed by atoms with Crippen LogP contribution in [0.15, 0.2) is 18.2 Å². The first-order chi connectivity index (χ1) is 10.5. The maximum absolute atomic E-state index is 12.4. The summed E-state index contributed by atoms with van der Waals surface area (Å²) in [4.78, 5) is 12.4. The van der Waals surface area contributed by atoms with Gasteiger partial charge >= 0.3 is 6.09 Å². The van der Waals surface area contributed by atoms with E-state index in [1.807, 2.05) is 19.1 Å². The highest BCUT2D eigenvalue weighted by molar-refractivity contribution is 6.30. The van der Waals surface area contributed by atoms with Crippen molar-refractivity contribution >= 4 is 23.4 Å². The molecular weight excluding hydrogens is 298 g/mol. The average Bonchev–Trinajstić information content (AvgIpc) is 2.39. The highest BCUT2D eigenvalue weighted by Crippen LogP contribution is 2.57. The summed E-state index contributed by atoms with van der Waals surface area (Å²) in [6, 6.07) is 5.47. The number of amides is 1. The number of carbonyl (C=O) groups is 1. The largest absolute Gasteiger partial charge is 0.443 e. The van der Waals surface area contributed by atoms with Gasteiger partial charge in [-0.2, -0.15) is 0 Å². The van der Waals surface area contributed by atoms with Crippen molar-refractivity contribution in [1.82, 2.24) is 0 Å². The van der Waals surface area contributed by atoms with Gasteiger partial charge in [0.05, 0.1) is 0 Å². The van der Waals surface area contributed by atoms with E-state index in [9.17, 15) is 4.79 Å². The normalized spacial score (nSPS) is 35.5. The fourth-order valence-corrected chi connectivity index (χ4v) is 5.48. The van der Waals surface area contributed by atoms with Crippen LogP contribution < -0.4 is 5.32 Å². The van der Waals surface area contributed by atoms with E-state index in [1.165, 1.54) is 19.3 Å². The van der Waals surface area contributed by atoms with Crippen molar-refractivity contribution in [3.8, 4) is 0 Å². The Balaban J connectivity index is 1.46. The zero-order valence-electron chi connectivity index (χ0n) is 12.9. The van der Waals surface area contributed by atoms with E-state index in [0.29, 0.717) is 5.02 Å². The summed E-state index contributed by atoms with van der Waals surface area (Å²) in [7, 11) is 0. The topological polar surface area (TPSA) is 38.3 Å². The van der Waals surface area contributed by atoms with Gasteiger partial charge in [-0.3, -0.25) is 5.32 Å². The molecule has 0 saturated heterocycles. The Morgan fingerprint density at radius 3 is 2.32 bits per heavy atom. The monoisotopic (exact) mass is 319 g/mol. The second kappa shape index (κ2) is 5.16. The predicted octanol–water partition coefficient (Wildman–Crippen LogP) is 5.17. The molecule has 0 aliphatic heterocycles. The van der Waals surface area contributed by atoms with Crippen molar-refractivity contribution in [2.75, 3.05) is 5.32 Å². The zero-order valence-corrected chi connectivity index (χ0v) is 13.7. The summed E-state index contributed by atoms with van der Waals surface area (Å²) in [6.07, 6.45) is 6.92. The SMILES string of the molecule is Cc1cc(Cl)ccc1NC(=O)OC12CC3CC(CC(C3)C1)C2. The first kappa shape index (κ1) is 14.4. The third kappa shape index (κ3) is 2.60. The molecule has 118 valence electrons. The summed E-state index contributed by atoms with van der Waals surface area (Å²) >= 11 is 5.95. The highest BCUT2D eigenvalue weighted by Gasteiger charge is 2.53. The number of benzene rings is 1. The number of hydrogen-bond donors (Lipinski definition) is 1. The van der Waals surface area contributed by atoms with Crippen molar-refractivity contribution < 1.29 is 9.53 Å². The lowest BCUT2D eigenvalue weighted by Crippen LogP contribution is -2.53. The summed E-state index contributed by atoms with van der Waals surface area (Å²) in [5.41, 5.74) is 1.54. The van der Waals surface area contributed by atoms with Gasteiger partial charge in [0.25, 0.3) is 0 Å². The minimum absolute atomic E-state index is 0.195. The summed E-state index contributed by atoms with van der Waals surface area (Å²) in [5, 5.41) is 3.57. The molecule has 4 bridgehead atoms. The Morgan fingerprint density at radius 2 is 1.77 bits per heavy atom. The molecule has 1 aromatic carbocycles. The second-order valence-corrected chi connectivity index (χ2v) is 8.01. The van der Waals surface area contributed by atoms with Crippen molar-refractivity contribution in [3.05, 3.63) is 28.8 Å². The molecule has 0 atom stereocenters. The summed E-state index contributed by atoms with van der Waals surface area (Å²) in [5.74, 6) is 2.32. The molecule has 4 saturated carbocycles. The smallest absolute Gasteiger partial charge is 0.412 e. The van der Waals surface area contributed by atoms with Crippen LogP contribution in [0.5, 0.6) is 0 Å².